The van der Waals surface area contributed by atoms with E-state index in [4.69, 9.17) is 4.52 Å². The summed E-state index contributed by atoms with van der Waals surface area (Å²) in [5.41, 5.74) is 0.571. The van der Waals surface area contributed by atoms with Crippen molar-refractivity contribution in [3.8, 4) is 11.4 Å². The van der Waals surface area contributed by atoms with Gasteiger partial charge in [0.1, 0.15) is 0 Å². The zero-order chi connectivity index (χ0) is 19.6. The topological polar surface area (TPSA) is 105 Å². The van der Waals surface area contributed by atoms with E-state index in [1.165, 1.54) is 16.4 Å². The summed E-state index contributed by atoms with van der Waals surface area (Å²) >= 11 is 1.54. The molecule has 1 aliphatic rings. The zero-order valence-corrected chi connectivity index (χ0v) is 16.5. The third-order valence-electron chi connectivity index (χ3n) is 4.44. The fraction of sp³-hybridized carbons (Fsp3) is 0.278. The molecule has 1 fully saturated rings. The Bertz CT molecular complexity index is 1050. The van der Waals surface area contributed by atoms with Crippen molar-refractivity contribution in [2.24, 2.45) is 0 Å². The van der Waals surface area contributed by atoms with E-state index < -0.39 is 15.9 Å². The minimum atomic E-state index is -3.47. The molecular weight excluding hydrogens is 400 g/mol. The minimum Gasteiger partial charge on any atom is -0.343 e. The largest absolute Gasteiger partial charge is 0.343 e. The van der Waals surface area contributed by atoms with Crippen LogP contribution < -0.4 is 5.32 Å². The summed E-state index contributed by atoms with van der Waals surface area (Å²) in [4.78, 5) is 17.5. The van der Waals surface area contributed by atoms with E-state index in [2.05, 4.69) is 15.5 Å². The quantitative estimate of drug-likeness (QED) is 0.659. The predicted octanol–water partition coefficient (Wildman–Crippen LogP) is 2.51. The van der Waals surface area contributed by atoms with Crippen LogP contribution in [0.25, 0.3) is 11.4 Å². The van der Waals surface area contributed by atoms with Gasteiger partial charge >= 0.3 is 11.8 Å². The van der Waals surface area contributed by atoms with Gasteiger partial charge in [-0.3, -0.25) is 4.79 Å². The first-order valence-electron chi connectivity index (χ1n) is 8.79. The second kappa shape index (κ2) is 7.82. The molecule has 0 radical (unpaired) electrons. The average molecular weight is 419 g/mol. The molecule has 1 aliphatic heterocycles. The van der Waals surface area contributed by atoms with Crippen LogP contribution >= 0.6 is 11.3 Å². The van der Waals surface area contributed by atoms with E-state index >= 15 is 0 Å². The Balaban J connectivity index is 1.45. The van der Waals surface area contributed by atoms with E-state index in [9.17, 15) is 13.2 Å². The third kappa shape index (κ3) is 3.84. The summed E-state index contributed by atoms with van der Waals surface area (Å²) in [6, 6.07) is 10.1. The van der Waals surface area contributed by atoms with Crippen molar-refractivity contribution < 1.29 is 17.7 Å². The summed E-state index contributed by atoms with van der Waals surface area (Å²) in [6.45, 7) is 1.50. The van der Waals surface area contributed by atoms with Crippen LogP contribution in [0.5, 0.6) is 0 Å². The Morgan fingerprint density at radius 2 is 1.93 bits per heavy atom. The van der Waals surface area contributed by atoms with Gasteiger partial charge in [0.15, 0.2) is 0 Å². The molecule has 8 nitrogen and oxygen atoms in total. The molecule has 2 aromatic heterocycles. The van der Waals surface area contributed by atoms with Crippen molar-refractivity contribution in [2.45, 2.75) is 24.3 Å². The number of sulfonamides is 1. The average Bonchev–Trinajstić information content (AvgIpc) is 3.48. The van der Waals surface area contributed by atoms with Crippen molar-refractivity contribution in [3.63, 3.8) is 0 Å². The number of rotatable bonds is 6. The number of carbonyl (C=O) groups excluding carboxylic acids is 1. The number of amides is 1. The van der Waals surface area contributed by atoms with E-state index in [1.54, 1.807) is 23.5 Å². The van der Waals surface area contributed by atoms with Gasteiger partial charge < -0.3 is 9.84 Å². The maximum atomic E-state index is 12.6. The molecule has 146 valence electrons. The number of nitrogens with zero attached hydrogens (tertiary/aromatic N) is 3. The normalized spacial score (nSPS) is 15.0. The van der Waals surface area contributed by atoms with Crippen LogP contribution in [-0.2, 0) is 16.6 Å². The first-order chi connectivity index (χ1) is 13.5. The SMILES string of the molecule is O=C(NCc1cccs1)c1nc(-c2ccc(S(=O)(=O)N3CCCC3)cc2)no1. The Kier molecular flexibility index (Phi) is 5.25. The van der Waals surface area contributed by atoms with E-state index in [0.717, 1.165) is 17.7 Å². The molecule has 1 aromatic carbocycles. The first kappa shape index (κ1) is 18.8. The van der Waals surface area contributed by atoms with Crippen molar-refractivity contribution in [3.05, 3.63) is 52.5 Å². The highest BCUT2D eigenvalue weighted by atomic mass is 32.2. The molecule has 0 atom stereocenters. The lowest BCUT2D eigenvalue weighted by Gasteiger charge is -2.15. The Morgan fingerprint density at radius 1 is 1.18 bits per heavy atom. The highest BCUT2D eigenvalue weighted by molar-refractivity contribution is 7.89. The molecule has 1 saturated heterocycles. The molecule has 0 spiro atoms. The second-order valence-electron chi connectivity index (χ2n) is 6.32. The van der Waals surface area contributed by atoms with E-state index in [0.29, 0.717) is 25.2 Å². The van der Waals surface area contributed by atoms with Gasteiger partial charge in [0, 0.05) is 23.5 Å². The fourth-order valence-corrected chi connectivity index (χ4v) is 5.10. The van der Waals surface area contributed by atoms with Crippen LogP contribution in [0.4, 0.5) is 0 Å². The maximum absolute atomic E-state index is 12.6. The Labute approximate surface area is 166 Å². The molecule has 28 heavy (non-hydrogen) atoms. The molecule has 0 aliphatic carbocycles. The third-order valence-corrected chi connectivity index (χ3v) is 7.23. The van der Waals surface area contributed by atoms with Crippen LogP contribution in [0, 0.1) is 0 Å². The van der Waals surface area contributed by atoms with Gasteiger partial charge in [-0.15, -0.1) is 11.3 Å². The van der Waals surface area contributed by atoms with Crippen LogP contribution in [0.3, 0.4) is 0 Å². The second-order valence-corrected chi connectivity index (χ2v) is 9.29. The van der Waals surface area contributed by atoms with Crippen molar-refractivity contribution in [1.29, 1.82) is 0 Å². The number of hydrogen-bond acceptors (Lipinski definition) is 7. The summed E-state index contributed by atoms with van der Waals surface area (Å²) < 4.78 is 31.7. The smallest absolute Gasteiger partial charge is 0.316 e. The van der Waals surface area contributed by atoms with Crippen molar-refractivity contribution in [1.82, 2.24) is 19.8 Å². The van der Waals surface area contributed by atoms with Gasteiger partial charge in [0.05, 0.1) is 11.4 Å². The van der Waals surface area contributed by atoms with Crippen LogP contribution in [0.2, 0.25) is 0 Å². The predicted molar refractivity (Wildman–Crippen MR) is 103 cm³/mol. The number of carbonyl (C=O) groups is 1. The monoisotopic (exact) mass is 418 g/mol. The Morgan fingerprint density at radius 3 is 2.61 bits per heavy atom. The van der Waals surface area contributed by atoms with Gasteiger partial charge in [-0.1, -0.05) is 11.2 Å². The van der Waals surface area contributed by atoms with Crippen molar-refractivity contribution in [2.75, 3.05) is 13.1 Å². The number of hydrogen-bond donors (Lipinski definition) is 1. The van der Waals surface area contributed by atoms with Gasteiger partial charge in [0.2, 0.25) is 15.8 Å². The molecule has 4 rings (SSSR count). The zero-order valence-electron chi connectivity index (χ0n) is 14.9. The van der Waals surface area contributed by atoms with Crippen LogP contribution in [-0.4, -0.2) is 41.9 Å². The molecular formula is C18H18N4O4S2. The summed E-state index contributed by atoms with van der Waals surface area (Å²) in [5.74, 6) is -0.368. The summed E-state index contributed by atoms with van der Waals surface area (Å²) in [5, 5.41) is 8.46. The van der Waals surface area contributed by atoms with E-state index in [1.807, 2.05) is 17.5 Å². The molecule has 1 amide bonds. The first-order valence-corrected chi connectivity index (χ1v) is 11.1. The number of benzene rings is 1. The summed E-state index contributed by atoms with van der Waals surface area (Å²) in [6.07, 6.45) is 1.77. The molecule has 0 unspecified atom stereocenters. The van der Waals surface area contributed by atoms with Crippen LogP contribution in [0.15, 0.2) is 51.2 Å². The lowest BCUT2D eigenvalue weighted by molar-refractivity contribution is 0.0907. The Hall–Kier alpha value is -2.56. The molecule has 3 heterocycles. The fourth-order valence-electron chi connectivity index (χ4n) is 2.94. The number of aromatic nitrogens is 2. The molecule has 0 saturated carbocycles. The summed E-state index contributed by atoms with van der Waals surface area (Å²) in [7, 11) is -3.47. The lowest BCUT2D eigenvalue weighted by Crippen LogP contribution is -2.27. The van der Waals surface area contributed by atoms with Gasteiger partial charge in [0.25, 0.3) is 0 Å². The number of thiophene rings is 1. The van der Waals surface area contributed by atoms with Crippen LogP contribution in [0.1, 0.15) is 28.4 Å². The maximum Gasteiger partial charge on any atom is 0.316 e. The number of nitrogens with one attached hydrogen (secondary N) is 1. The minimum absolute atomic E-state index is 0.139. The highest BCUT2D eigenvalue weighted by Crippen LogP contribution is 2.23. The van der Waals surface area contributed by atoms with Crippen molar-refractivity contribution >= 4 is 27.3 Å². The van der Waals surface area contributed by atoms with Gasteiger partial charge in [-0.2, -0.15) is 9.29 Å². The van der Waals surface area contributed by atoms with Gasteiger partial charge in [-0.25, -0.2) is 8.42 Å². The molecule has 0 bridgehead atoms. The molecule has 3 aromatic rings. The van der Waals surface area contributed by atoms with E-state index in [-0.39, 0.29) is 16.6 Å². The van der Waals surface area contributed by atoms with Gasteiger partial charge in [-0.05, 0) is 48.6 Å². The molecule has 10 heteroatoms. The molecule has 1 N–H and O–H groups in total. The highest BCUT2D eigenvalue weighted by Gasteiger charge is 2.27. The standard InChI is InChI=1S/C18H18N4O4S2/c23-17(19-12-14-4-3-11-27-14)18-20-16(21-26-18)13-5-7-15(8-6-13)28(24,25)22-9-1-2-10-22/h3-8,11H,1-2,9-10,12H2,(H,19,23). The lowest BCUT2D eigenvalue weighted by atomic mass is 10.2.